The van der Waals surface area contributed by atoms with Gasteiger partial charge in [-0.05, 0) is 40.2 Å². The first-order chi connectivity index (χ1) is 9.68. The molecule has 0 saturated carbocycles. The van der Waals surface area contributed by atoms with E-state index in [1.165, 1.54) is 5.56 Å². The molecule has 0 radical (unpaired) electrons. The molecule has 114 valence electrons. The van der Waals surface area contributed by atoms with E-state index in [9.17, 15) is 0 Å². The van der Waals surface area contributed by atoms with Crippen molar-refractivity contribution < 1.29 is 0 Å². The molecule has 0 bridgehead atoms. The predicted octanol–water partition coefficient (Wildman–Crippen LogP) is 5.45. The van der Waals surface area contributed by atoms with E-state index in [-0.39, 0.29) is 7.92 Å². The average molecular weight is 302 g/mol. The Morgan fingerprint density at radius 1 is 1.00 bits per heavy atom. The minimum atomic E-state index is -0.119. The molecule has 0 aliphatic carbocycles. The molecule has 1 aromatic carbocycles. The SMILES string of the molecule is CC(C)(C)P(Cc1cccc(-n2cccn2)c1)C(C)(C)C. The van der Waals surface area contributed by atoms with Crippen molar-refractivity contribution in [3.05, 3.63) is 48.3 Å². The molecule has 0 spiro atoms. The van der Waals surface area contributed by atoms with E-state index in [0.717, 1.165) is 11.8 Å². The molecule has 3 heteroatoms. The lowest BCUT2D eigenvalue weighted by molar-refractivity contribution is 0.702. The Kier molecular flexibility index (Phi) is 4.58. The molecule has 1 heterocycles. The third kappa shape index (κ3) is 4.17. The van der Waals surface area contributed by atoms with Gasteiger partial charge in [-0.25, -0.2) is 4.68 Å². The number of hydrogen-bond donors (Lipinski definition) is 0. The zero-order valence-electron chi connectivity index (χ0n) is 14.1. The highest BCUT2D eigenvalue weighted by Crippen LogP contribution is 2.61. The van der Waals surface area contributed by atoms with E-state index in [2.05, 4.69) is 70.9 Å². The van der Waals surface area contributed by atoms with Gasteiger partial charge in [-0.2, -0.15) is 5.10 Å². The van der Waals surface area contributed by atoms with Gasteiger partial charge in [0.25, 0.3) is 0 Å². The number of benzene rings is 1. The van der Waals surface area contributed by atoms with Crippen LogP contribution in [0.25, 0.3) is 5.69 Å². The lowest BCUT2D eigenvalue weighted by Gasteiger charge is -2.41. The predicted molar refractivity (Wildman–Crippen MR) is 93.7 cm³/mol. The van der Waals surface area contributed by atoms with Crippen LogP contribution in [0.1, 0.15) is 47.1 Å². The first kappa shape index (κ1) is 16.2. The van der Waals surface area contributed by atoms with Crippen molar-refractivity contribution in [3.63, 3.8) is 0 Å². The van der Waals surface area contributed by atoms with Crippen molar-refractivity contribution in [1.82, 2.24) is 9.78 Å². The van der Waals surface area contributed by atoms with Crippen molar-refractivity contribution >= 4 is 7.92 Å². The molecule has 21 heavy (non-hydrogen) atoms. The Morgan fingerprint density at radius 2 is 1.67 bits per heavy atom. The molecule has 0 unspecified atom stereocenters. The zero-order valence-corrected chi connectivity index (χ0v) is 15.0. The molecule has 0 aliphatic rings. The van der Waals surface area contributed by atoms with E-state index < -0.39 is 0 Å². The second-order valence-corrected chi connectivity index (χ2v) is 11.4. The molecule has 1 aromatic heterocycles. The van der Waals surface area contributed by atoms with E-state index >= 15 is 0 Å². The number of hydrogen-bond acceptors (Lipinski definition) is 1. The van der Waals surface area contributed by atoms with Crippen LogP contribution in [0.15, 0.2) is 42.7 Å². The third-order valence-electron chi connectivity index (χ3n) is 3.64. The maximum Gasteiger partial charge on any atom is 0.0648 e. The van der Waals surface area contributed by atoms with E-state index in [1.807, 2.05) is 23.1 Å². The number of aromatic nitrogens is 2. The summed E-state index contributed by atoms with van der Waals surface area (Å²) in [5, 5.41) is 5.04. The van der Waals surface area contributed by atoms with Crippen LogP contribution in [0.4, 0.5) is 0 Å². The summed E-state index contributed by atoms with van der Waals surface area (Å²) in [6.45, 7) is 14.3. The van der Waals surface area contributed by atoms with Gasteiger partial charge >= 0.3 is 0 Å². The summed E-state index contributed by atoms with van der Waals surface area (Å²) in [7, 11) is -0.119. The lowest BCUT2D eigenvalue weighted by atomic mass is 10.2. The summed E-state index contributed by atoms with van der Waals surface area (Å²) in [4.78, 5) is 0. The third-order valence-corrected chi connectivity index (χ3v) is 7.56. The summed E-state index contributed by atoms with van der Waals surface area (Å²) in [5.74, 6) is 0. The maximum atomic E-state index is 4.33. The van der Waals surface area contributed by atoms with E-state index in [1.54, 1.807) is 0 Å². The Bertz CT molecular complexity index is 560. The molecule has 2 nitrogen and oxygen atoms in total. The van der Waals surface area contributed by atoms with Crippen LogP contribution in [0.5, 0.6) is 0 Å². The van der Waals surface area contributed by atoms with Crippen molar-refractivity contribution in [3.8, 4) is 5.69 Å². The molecule has 0 amide bonds. The van der Waals surface area contributed by atoms with Crippen molar-refractivity contribution in [2.24, 2.45) is 0 Å². The van der Waals surface area contributed by atoms with Gasteiger partial charge in [-0.15, -0.1) is 0 Å². The molecular formula is C18H27N2P. The van der Waals surface area contributed by atoms with Gasteiger partial charge in [0.1, 0.15) is 0 Å². The molecule has 0 N–H and O–H groups in total. The van der Waals surface area contributed by atoms with Gasteiger partial charge in [-0.3, -0.25) is 0 Å². The van der Waals surface area contributed by atoms with Crippen LogP contribution < -0.4 is 0 Å². The topological polar surface area (TPSA) is 17.8 Å². The summed E-state index contributed by atoms with van der Waals surface area (Å²) in [5.41, 5.74) is 2.56. The quantitative estimate of drug-likeness (QED) is 0.689. The minimum absolute atomic E-state index is 0.119. The highest BCUT2D eigenvalue weighted by Gasteiger charge is 2.34. The first-order valence-electron chi connectivity index (χ1n) is 7.55. The Balaban J connectivity index is 2.28. The second kappa shape index (κ2) is 5.93. The summed E-state index contributed by atoms with van der Waals surface area (Å²) in [6, 6.07) is 10.8. The van der Waals surface area contributed by atoms with Crippen molar-refractivity contribution in [1.29, 1.82) is 0 Å². The van der Waals surface area contributed by atoms with Crippen LogP contribution in [0, 0.1) is 0 Å². The summed E-state index contributed by atoms with van der Waals surface area (Å²) < 4.78 is 1.93. The zero-order chi connectivity index (χ0) is 15.7. The van der Waals surface area contributed by atoms with Crippen LogP contribution in [-0.4, -0.2) is 20.1 Å². The normalized spacial score (nSPS) is 12.9. The fraction of sp³-hybridized carbons (Fsp3) is 0.500. The largest absolute Gasteiger partial charge is 0.241 e. The van der Waals surface area contributed by atoms with Gasteiger partial charge in [0.15, 0.2) is 0 Å². The Hall–Kier alpha value is -1.14. The van der Waals surface area contributed by atoms with E-state index in [0.29, 0.717) is 10.3 Å². The summed E-state index contributed by atoms with van der Waals surface area (Å²) in [6.07, 6.45) is 4.98. The van der Waals surface area contributed by atoms with Gasteiger partial charge in [0.2, 0.25) is 0 Å². The monoisotopic (exact) mass is 302 g/mol. The fourth-order valence-electron chi connectivity index (χ4n) is 2.88. The standard InChI is InChI=1S/C18H27N2P/c1-17(2,3)21(18(4,5)6)14-15-9-7-10-16(13-15)20-12-8-11-19-20/h7-13H,14H2,1-6H3. The first-order valence-corrected chi connectivity index (χ1v) is 9.07. The molecule has 0 atom stereocenters. The van der Waals surface area contributed by atoms with Crippen LogP contribution in [0.3, 0.4) is 0 Å². The van der Waals surface area contributed by atoms with Crippen LogP contribution >= 0.6 is 7.92 Å². The molecule has 0 fully saturated rings. The average Bonchev–Trinajstić information content (AvgIpc) is 2.87. The minimum Gasteiger partial charge on any atom is -0.241 e. The van der Waals surface area contributed by atoms with Gasteiger partial charge in [0, 0.05) is 12.4 Å². The molecule has 2 aromatic rings. The highest BCUT2D eigenvalue weighted by atomic mass is 31.1. The molecule has 0 saturated heterocycles. The number of nitrogens with zero attached hydrogens (tertiary/aromatic N) is 2. The Labute approximate surface area is 130 Å². The van der Waals surface area contributed by atoms with E-state index in [4.69, 9.17) is 0 Å². The van der Waals surface area contributed by atoms with Gasteiger partial charge in [-0.1, -0.05) is 61.6 Å². The van der Waals surface area contributed by atoms with Gasteiger partial charge < -0.3 is 0 Å². The summed E-state index contributed by atoms with van der Waals surface area (Å²) >= 11 is 0. The van der Waals surface area contributed by atoms with Crippen molar-refractivity contribution in [2.75, 3.05) is 0 Å². The molecule has 2 rings (SSSR count). The highest BCUT2D eigenvalue weighted by molar-refractivity contribution is 7.60. The lowest BCUT2D eigenvalue weighted by Crippen LogP contribution is -2.25. The smallest absolute Gasteiger partial charge is 0.0648 e. The second-order valence-electron chi connectivity index (χ2n) is 7.55. The van der Waals surface area contributed by atoms with Crippen LogP contribution in [-0.2, 0) is 6.16 Å². The molecule has 0 aliphatic heterocycles. The maximum absolute atomic E-state index is 4.33. The fourth-order valence-corrected chi connectivity index (χ4v) is 6.41. The molecular weight excluding hydrogens is 275 g/mol. The van der Waals surface area contributed by atoms with Crippen LogP contribution in [0.2, 0.25) is 0 Å². The Morgan fingerprint density at radius 3 is 2.19 bits per heavy atom. The van der Waals surface area contributed by atoms with Crippen molar-refractivity contribution in [2.45, 2.75) is 58.0 Å². The number of rotatable bonds is 3. The van der Waals surface area contributed by atoms with Gasteiger partial charge in [0.05, 0.1) is 5.69 Å².